The number of amides is 4. The molecule has 2 aliphatic carbocycles. The molecule has 6 atom stereocenters. The van der Waals surface area contributed by atoms with Gasteiger partial charge in [-0.2, -0.15) is 0 Å². The van der Waals surface area contributed by atoms with Crippen LogP contribution in [-0.2, 0) is 19.2 Å². The highest BCUT2D eigenvalue weighted by Gasteiger charge is 2.62. The number of hydrogen-bond acceptors (Lipinski definition) is 6. The van der Waals surface area contributed by atoms with Crippen molar-refractivity contribution >= 4 is 50.9 Å². The van der Waals surface area contributed by atoms with Gasteiger partial charge in [0.05, 0.1) is 46.6 Å². The molecule has 4 amide bonds. The Morgan fingerprint density at radius 2 is 1.33 bits per heavy atom. The number of carbonyl (C=O) groups excluding carboxylic acids is 4. The van der Waals surface area contributed by atoms with Crippen LogP contribution in [0.15, 0.2) is 88.9 Å². The minimum absolute atomic E-state index is 0.0716. The van der Waals surface area contributed by atoms with Crippen molar-refractivity contribution in [1.82, 2.24) is 0 Å². The summed E-state index contributed by atoms with van der Waals surface area (Å²) in [6.45, 7) is 0. The summed E-state index contributed by atoms with van der Waals surface area (Å²) in [6, 6.07) is 21.2. The minimum Gasteiger partial charge on any atom is -0.503 e. The first-order chi connectivity index (χ1) is 20.3. The lowest BCUT2D eigenvalue weighted by atomic mass is 9.57. The van der Waals surface area contributed by atoms with Gasteiger partial charge in [-0.3, -0.25) is 29.0 Å². The molecule has 3 fully saturated rings. The molecule has 3 aromatic rings. The highest BCUT2D eigenvalue weighted by molar-refractivity contribution is 9.10. The van der Waals surface area contributed by atoms with Crippen LogP contribution in [0.4, 0.5) is 11.4 Å². The van der Waals surface area contributed by atoms with Crippen LogP contribution in [0.3, 0.4) is 0 Å². The quantitative estimate of drug-likeness (QED) is 0.315. The summed E-state index contributed by atoms with van der Waals surface area (Å²) < 4.78 is 5.83. The molecule has 2 saturated heterocycles. The molecular formula is C33H27BrN2O6. The molecule has 6 unspecified atom stereocenters. The van der Waals surface area contributed by atoms with E-state index in [1.807, 2.05) is 18.2 Å². The normalized spacial score (nSPS) is 28.4. The number of allylic oxidation sites excluding steroid dienone is 2. The molecule has 4 aliphatic rings. The van der Waals surface area contributed by atoms with E-state index < -0.39 is 35.5 Å². The monoisotopic (exact) mass is 626 g/mol. The van der Waals surface area contributed by atoms with E-state index >= 15 is 0 Å². The molecule has 3 aromatic carbocycles. The standard InChI is InChI=1S/C33H27BrN2O6/c1-42-25-15-17(14-24(34)29(25)37)26-20-12-13-21-27(32(40)35(30(21)38)18-8-4-2-5-9-18)22(20)16-23-28(26)33(41)36(31(23)39)19-10-6-3-7-11-19/h2-12,14-15,21-23,26-28,37H,13,16H2,1H3. The van der Waals surface area contributed by atoms with Crippen molar-refractivity contribution in [2.45, 2.75) is 18.8 Å². The Hall–Kier alpha value is -4.24. The second-order valence-electron chi connectivity index (χ2n) is 11.3. The Bertz CT molecular complexity index is 1670. The number of fused-ring (bicyclic) bond motifs is 4. The molecule has 8 nitrogen and oxygen atoms in total. The van der Waals surface area contributed by atoms with Gasteiger partial charge in [0.2, 0.25) is 23.6 Å². The maximum Gasteiger partial charge on any atom is 0.238 e. The van der Waals surface area contributed by atoms with Crippen molar-refractivity contribution in [3.05, 3.63) is 94.5 Å². The summed E-state index contributed by atoms with van der Waals surface area (Å²) >= 11 is 3.42. The Kier molecular flexibility index (Phi) is 6.31. The summed E-state index contributed by atoms with van der Waals surface area (Å²) in [6.07, 6.45) is 2.65. The van der Waals surface area contributed by atoms with E-state index in [4.69, 9.17) is 4.74 Å². The molecule has 0 radical (unpaired) electrons. The van der Waals surface area contributed by atoms with Gasteiger partial charge in [0.15, 0.2) is 11.5 Å². The van der Waals surface area contributed by atoms with Gasteiger partial charge in [0.25, 0.3) is 0 Å². The third kappa shape index (κ3) is 3.79. The average molecular weight is 627 g/mol. The first-order valence-electron chi connectivity index (χ1n) is 13.9. The molecule has 212 valence electrons. The minimum atomic E-state index is -0.713. The number of phenolic OH excluding ortho intramolecular Hbond substituents is 1. The van der Waals surface area contributed by atoms with E-state index in [-0.39, 0.29) is 35.1 Å². The van der Waals surface area contributed by atoms with Gasteiger partial charge in [0.1, 0.15) is 0 Å². The Morgan fingerprint density at radius 1 is 0.762 bits per heavy atom. The first kappa shape index (κ1) is 26.6. The summed E-state index contributed by atoms with van der Waals surface area (Å²) in [7, 11) is 1.45. The van der Waals surface area contributed by atoms with E-state index in [9.17, 15) is 24.3 Å². The number of carbonyl (C=O) groups is 4. The maximum atomic E-state index is 14.2. The lowest BCUT2D eigenvalue weighted by Gasteiger charge is -2.44. The zero-order valence-electron chi connectivity index (χ0n) is 22.6. The predicted octanol–water partition coefficient (Wildman–Crippen LogP) is 5.21. The van der Waals surface area contributed by atoms with Crippen molar-refractivity contribution in [2.75, 3.05) is 16.9 Å². The number of hydrogen-bond donors (Lipinski definition) is 1. The summed E-state index contributed by atoms with van der Waals surface area (Å²) in [5.41, 5.74) is 2.60. The molecule has 42 heavy (non-hydrogen) atoms. The molecule has 0 aromatic heterocycles. The van der Waals surface area contributed by atoms with Gasteiger partial charge in [0, 0.05) is 5.92 Å². The Balaban J connectivity index is 1.37. The van der Waals surface area contributed by atoms with Gasteiger partial charge >= 0.3 is 0 Å². The predicted molar refractivity (Wildman–Crippen MR) is 158 cm³/mol. The van der Waals surface area contributed by atoms with Crippen LogP contribution >= 0.6 is 15.9 Å². The number of halogens is 1. The molecule has 2 heterocycles. The number of rotatable bonds is 4. The fourth-order valence-electron chi connectivity index (χ4n) is 7.56. The maximum absolute atomic E-state index is 14.2. The average Bonchev–Trinajstić information content (AvgIpc) is 3.41. The van der Waals surface area contributed by atoms with Crippen molar-refractivity contribution in [2.24, 2.45) is 29.6 Å². The number of imide groups is 2. The lowest BCUT2D eigenvalue weighted by molar-refractivity contribution is -0.126. The first-order valence-corrected chi connectivity index (χ1v) is 14.7. The van der Waals surface area contributed by atoms with Gasteiger partial charge in [-0.05, 0) is 76.7 Å². The van der Waals surface area contributed by atoms with Gasteiger partial charge in [-0.25, -0.2) is 0 Å². The van der Waals surface area contributed by atoms with Crippen molar-refractivity contribution < 1.29 is 29.0 Å². The number of aromatic hydroxyl groups is 1. The molecule has 2 aliphatic heterocycles. The topological polar surface area (TPSA) is 104 Å². The highest BCUT2D eigenvalue weighted by Crippen LogP contribution is 2.59. The van der Waals surface area contributed by atoms with E-state index in [1.54, 1.807) is 60.7 Å². The number of para-hydroxylation sites is 2. The smallest absolute Gasteiger partial charge is 0.238 e. The zero-order valence-corrected chi connectivity index (χ0v) is 24.2. The number of nitrogens with zero attached hydrogens (tertiary/aromatic N) is 2. The highest BCUT2D eigenvalue weighted by atomic mass is 79.9. The molecular weight excluding hydrogens is 600 g/mol. The van der Waals surface area contributed by atoms with Crippen LogP contribution in [0, 0.1) is 29.6 Å². The van der Waals surface area contributed by atoms with Crippen LogP contribution in [0.2, 0.25) is 0 Å². The zero-order chi connectivity index (χ0) is 29.3. The number of anilines is 2. The third-order valence-corrected chi connectivity index (χ3v) is 9.91. The lowest BCUT2D eigenvalue weighted by Crippen LogP contribution is -2.43. The van der Waals surface area contributed by atoms with Crippen LogP contribution in [-0.4, -0.2) is 35.8 Å². The van der Waals surface area contributed by atoms with E-state index in [2.05, 4.69) is 15.9 Å². The van der Waals surface area contributed by atoms with E-state index in [0.717, 1.165) is 5.57 Å². The van der Waals surface area contributed by atoms with Crippen molar-refractivity contribution in [3.63, 3.8) is 0 Å². The summed E-state index contributed by atoms with van der Waals surface area (Å²) in [5, 5.41) is 10.5. The Morgan fingerprint density at radius 3 is 1.93 bits per heavy atom. The SMILES string of the molecule is COc1cc(C2C3=CCC4C(=O)N(c5ccccc5)C(=O)C4C3CC3C(=O)N(c4ccccc4)C(=O)C32)cc(Br)c1O. The fourth-order valence-corrected chi connectivity index (χ4v) is 8.02. The van der Waals surface area contributed by atoms with Crippen LogP contribution in [0.1, 0.15) is 24.3 Å². The molecule has 7 rings (SSSR count). The number of ether oxygens (including phenoxy) is 1. The number of benzene rings is 3. The largest absolute Gasteiger partial charge is 0.503 e. The molecule has 0 spiro atoms. The van der Waals surface area contributed by atoms with Gasteiger partial charge in [-0.15, -0.1) is 0 Å². The number of phenols is 1. The van der Waals surface area contributed by atoms with Crippen molar-refractivity contribution in [1.29, 1.82) is 0 Å². The summed E-state index contributed by atoms with van der Waals surface area (Å²) in [4.78, 5) is 58.4. The Labute approximate surface area is 250 Å². The molecule has 1 saturated carbocycles. The third-order valence-electron chi connectivity index (χ3n) is 9.31. The molecule has 0 bridgehead atoms. The summed E-state index contributed by atoms with van der Waals surface area (Å²) in [5.74, 6) is -4.50. The second-order valence-corrected chi connectivity index (χ2v) is 12.1. The van der Waals surface area contributed by atoms with Gasteiger partial charge < -0.3 is 9.84 Å². The van der Waals surface area contributed by atoms with Crippen LogP contribution in [0.25, 0.3) is 0 Å². The molecule has 9 heteroatoms. The fraction of sp³-hybridized carbons (Fsp3) is 0.273. The molecule has 1 N–H and O–H groups in total. The van der Waals surface area contributed by atoms with E-state index in [1.165, 1.54) is 16.9 Å². The van der Waals surface area contributed by atoms with Gasteiger partial charge in [-0.1, -0.05) is 48.0 Å². The van der Waals surface area contributed by atoms with E-state index in [0.29, 0.717) is 34.3 Å². The number of methoxy groups -OCH3 is 1. The second kappa shape index (κ2) is 9.94. The van der Waals surface area contributed by atoms with Crippen molar-refractivity contribution in [3.8, 4) is 11.5 Å². The van der Waals surface area contributed by atoms with Crippen LogP contribution in [0.5, 0.6) is 11.5 Å². The van der Waals surface area contributed by atoms with Crippen LogP contribution < -0.4 is 14.5 Å².